The van der Waals surface area contributed by atoms with Gasteiger partial charge >= 0.3 is 0 Å². The molecule has 5 nitrogen and oxygen atoms in total. The molecule has 2 rings (SSSR count). The zero-order valence-electron chi connectivity index (χ0n) is 10.7. The van der Waals surface area contributed by atoms with Crippen LogP contribution in [0.2, 0.25) is 0 Å². The molecule has 0 unspecified atom stereocenters. The van der Waals surface area contributed by atoms with Crippen molar-refractivity contribution < 1.29 is 14.3 Å². The van der Waals surface area contributed by atoms with Gasteiger partial charge in [-0.15, -0.1) is 0 Å². The third-order valence-corrected chi connectivity index (χ3v) is 2.55. The lowest BCUT2D eigenvalue weighted by Gasteiger charge is -2.06. The summed E-state index contributed by atoms with van der Waals surface area (Å²) < 4.78 is 10.2. The van der Waals surface area contributed by atoms with E-state index in [0.29, 0.717) is 22.9 Å². The number of rotatable bonds is 5. The Bertz CT molecular complexity index is 566. The highest BCUT2D eigenvalue weighted by atomic mass is 16.5. The maximum absolute atomic E-state index is 12.0. The Morgan fingerprint density at radius 3 is 2.42 bits per heavy atom. The smallest absolute Gasteiger partial charge is 0.186 e. The standard InChI is InChI=1S/C14H14N2O3/c1-18-11-7-10(8-12(9-11)19-2)13(17)3-4-14-15-5-6-16-14/h3-9H,1-2H3,(H,15,16). The Balaban J connectivity index is 2.23. The predicted octanol–water partition coefficient (Wildman–Crippen LogP) is 2.32. The van der Waals surface area contributed by atoms with Gasteiger partial charge in [0, 0.05) is 24.0 Å². The van der Waals surface area contributed by atoms with E-state index in [1.54, 1.807) is 50.9 Å². The quantitative estimate of drug-likeness (QED) is 0.660. The number of nitrogens with one attached hydrogen (secondary N) is 1. The number of hydrogen-bond acceptors (Lipinski definition) is 4. The zero-order valence-corrected chi connectivity index (χ0v) is 10.7. The van der Waals surface area contributed by atoms with E-state index in [-0.39, 0.29) is 5.78 Å². The van der Waals surface area contributed by atoms with Gasteiger partial charge in [-0.05, 0) is 24.3 Å². The summed E-state index contributed by atoms with van der Waals surface area (Å²) in [7, 11) is 3.09. The number of methoxy groups -OCH3 is 2. The van der Waals surface area contributed by atoms with Gasteiger partial charge < -0.3 is 14.5 Å². The lowest BCUT2D eigenvalue weighted by Crippen LogP contribution is -1.97. The van der Waals surface area contributed by atoms with Gasteiger partial charge in [-0.3, -0.25) is 4.79 Å². The van der Waals surface area contributed by atoms with Crippen molar-refractivity contribution in [2.24, 2.45) is 0 Å². The van der Waals surface area contributed by atoms with Crippen LogP contribution in [0, 0.1) is 0 Å². The second-order valence-corrected chi connectivity index (χ2v) is 3.77. The summed E-state index contributed by atoms with van der Waals surface area (Å²) >= 11 is 0. The van der Waals surface area contributed by atoms with Crippen LogP contribution >= 0.6 is 0 Å². The molecule has 0 bridgehead atoms. The van der Waals surface area contributed by atoms with E-state index in [1.165, 1.54) is 6.08 Å². The van der Waals surface area contributed by atoms with E-state index in [4.69, 9.17) is 9.47 Å². The number of carbonyl (C=O) groups is 1. The topological polar surface area (TPSA) is 64.2 Å². The van der Waals surface area contributed by atoms with Crippen molar-refractivity contribution >= 4 is 11.9 Å². The molecule has 0 saturated heterocycles. The number of nitrogens with zero attached hydrogens (tertiary/aromatic N) is 1. The first-order chi connectivity index (χ1) is 9.22. The number of ether oxygens (including phenoxy) is 2. The molecule has 1 heterocycles. The fourth-order valence-electron chi connectivity index (χ4n) is 1.57. The summed E-state index contributed by atoms with van der Waals surface area (Å²) in [5.74, 6) is 1.64. The summed E-state index contributed by atoms with van der Waals surface area (Å²) in [5, 5.41) is 0. The van der Waals surface area contributed by atoms with Crippen LogP contribution in [-0.4, -0.2) is 30.0 Å². The second-order valence-electron chi connectivity index (χ2n) is 3.77. The Morgan fingerprint density at radius 1 is 1.21 bits per heavy atom. The van der Waals surface area contributed by atoms with Crippen LogP contribution in [-0.2, 0) is 0 Å². The predicted molar refractivity (Wildman–Crippen MR) is 71.5 cm³/mol. The van der Waals surface area contributed by atoms with Crippen molar-refractivity contribution in [2.75, 3.05) is 14.2 Å². The average Bonchev–Trinajstić information content (AvgIpc) is 2.97. The van der Waals surface area contributed by atoms with E-state index in [2.05, 4.69) is 9.97 Å². The van der Waals surface area contributed by atoms with Crippen molar-refractivity contribution in [3.63, 3.8) is 0 Å². The molecule has 0 aliphatic rings. The number of benzene rings is 1. The lowest BCUT2D eigenvalue weighted by molar-refractivity contribution is 0.104. The van der Waals surface area contributed by atoms with E-state index in [1.807, 2.05) is 0 Å². The average molecular weight is 258 g/mol. The molecule has 0 amide bonds. The Kier molecular flexibility index (Phi) is 3.97. The SMILES string of the molecule is COc1cc(OC)cc(C(=O)C=Cc2ncc[nH]2)c1. The zero-order chi connectivity index (χ0) is 13.7. The minimum Gasteiger partial charge on any atom is -0.497 e. The van der Waals surface area contributed by atoms with E-state index >= 15 is 0 Å². The van der Waals surface area contributed by atoms with Crippen molar-refractivity contribution in [3.05, 3.63) is 48.1 Å². The van der Waals surface area contributed by atoms with Gasteiger partial charge in [-0.2, -0.15) is 0 Å². The number of allylic oxidation sites excluding steroid dienone is 1. The van der Waals surface area contributed by atoms with Crippen LogP contribution in [0.4, 0.5) is 0 Å². The highest BCUT2D eigenvalue weighted by Crippen LogP contribution is 2.23. The maximum Gasteiger partial charge on any atom is 0.186 e. The lowest BCUT2D eigenvalue weighted by atomic mass is 10.1. The van der Waals surface area contributed by atoms with Gasteiger partial charge in [0.05, 0.1) is 14.2 Å². The first-order valence-electron chi connectivity index (χ1n) is 5.68. The molecule has 0 saturated carbocycles. The fraction of sp³-hybridized carbons (Fsp3) is 0.143. The molecule has 1 N–H and O–H groups in total. The fourth-order valence-corrected chi connectivity index (χ4v) is 1.57. The van der Waals surface area contributed by atoms with Crippen LogP contribution in [0.3, 0.4) is 0 Å². The molecule has 1 aromatic heterocycles. The van der Waals surface area contributed by atoms with Crippen molar-refractivity contribution in [1.82, 2.24) is 9.97 Å². The van der Waals surface area contributed by atoms with Crippen LogP contribution in [0.15, 0.2) is 36.7 Å². The molecule has 19 heavy (non-hydrogen) atoms. The van der Waals surface area contributed by atoms with Crippen LogP contribution in [0.1, 0.15) is 16.2 Å². The molecule has 2 aromatic rings. The molecule has 0 aliphatic heterocycles. The highest BCUT2D eigenvalue weighted by molar-refractivity contribution is 6.07. The molecule has 0 radical (unpaired) electrons. The van der Waals surface area contributed by atoms with Gasteiger partial charge in [-0.25, -0.2) is 4.98 Å². The van der Waals surface area contributed by atoms with E-state index < -0.39 is 0 Å². The molecule has 0 atom stereocenters. The van der Waals surface area contributed by atoms with Gasteiger partial charge in [0.15, 0.2) is 5.78 Å². The van der Waals surface area contributed by atoms with E-state index in [0.717, 1.165) is 0 Å². The number of hydrogen-bond donors (Lipinski definition) is 1. The number of imidazole rings is 1. The monoisotopic (exact) mass is 258 g/mol. The minimum atomic E-state index is -0.145. The van der Waals surface area contributed by atoms with Crippen molar-refractivity contribution in [1.29, 1.82) is 0 Å². The summed E-state index contributed by atoms with van der Waals surface area (Å²) in [5.41, 5.74) is 0.499. The molecule has 0 aliphatic carbocycles. The summed E-state index contributed by atoms with van der Waals surface area (Å²) in [6, 6.07) is 5.04. The highest BCUT2D eigenvalue weighted by Gasteiger charge is 2.07. The van der Waals surface area contributed by atoms with Gasteiger partial charge in [0.2, 0.25) is 0 Å². The first-order valence-corrected chi connectivity index (χ1v) is 5.68. The van der Waals surface area contributed by atoms with Crippen LogP contribution in [0.25, 0.3) is 6.08 Å². The number of H-pyrrole nitrogens is 1. The largest absolute Gasteiger partial charge is 0.497 e. The van der Waals surface area contributed by atoms with Crippen molar-refractivity contribution in [2.45, 2.75) is 0 Å². The molecule has 5 heteroatoms. The minimum absolute atomic E-state index is 0.145. The van der Waals surface area contributed by atoms with Crippen molar-refractivity contribution in [3.8, 4) is 11.5 Å². The third-order valence-electron chi connectivity index (χ3n) is 2.55. The van der Waals surface area contributed by atoms with Gasteiger partial charge in [-0.1, -0.05) is 0 Å². The molecule has 0 spiro atoms. The number of aromatic nitrogens is 2. The van der Waals surface area contributed by atoms with Crippen LogP contribution in [0.5, 0.6) is 11.5 Å². The van der Waals surface area contributed by atoms with E-state index in [9.17, 15) is 4.79 Å². The molecule has 1 aromatic carbocycles. The second kappa shape index (κ2) is 5.86. The first kappa shape index (κ1) is 12.9. The number of carbonyl (C=O) groups excluding carboxylic acids is 1. The van der Waals surface area contributed by atoms with Gasteiger partial charge in [0.25, 0.3) is 0 Å². The molecule has 98 valence electrons. The molecular weight excluding hydrogens is 244 g/mol. The molecular formula is C14H14N2O3. The Morgan fingerprint density at radius 2 is 1.89 bits per heavy atom. The Hall–Kier alpha value is -2.56. The number of aromatic amines is 1. The number of ketones is 1. The summed E-state index contributed by atoms with van der Waals surface area (Å²) in [4.78, 5) is 18.9. The van der Waals surface area contributed by atoms with Crippen LogP contribution < -0.4 is 9.47 Å². The normalized spacial score (nSPS) is 10.6. The summed E-state index contributed by atoms with van der Waals surface area (Å²) in [6.45, 7) is 0. The Labute approximate surface area is 110 Å². The molecule has 0 fully saturated rings. The summed E-state index contributed by atoms with van der Waals surface area (Å²) in [6.07, 6.45) is 6.39. The van der Waals surface area contributed by atoms with Gasteiger partial charge in [0.1, 0.15) is 17.3 Å². The maximum atomic E-state index is 12.0. The third kappa shape index (κ3) is 3.22.